The molecular weight excluding hydrogens is 182 g/mol. The molecule has 72 valence electrons. The smallest absolute Gasteiger partial charge is 0.216 e. The van der Waals surface area contributed by atoms with E-state index in [0.717, 1.165) is 5.56 Å². The average Bonchev–Trinajstić information content (AvgIpc) is 2.71. The largest absolute Gasteiger partial charge is 0.481 e. The van der Waals surface area contributed by atoms with E-state index in [2.05, 4.69) is 25.6 Å². The van der Waals surface area contributed by atoms with E-state index in [4.69, 9.17) is 4.74 Å². The van der Waals surface area contributed by atoms with Crippen LogP contribution in [0.15, 0.2) is 18.3 Å². The van der Waals surface area contributed by atoms with Crippen LogP contribution in [-0.4, -0.2) is 32.7 Å². The Morgan fingerprint density at radius 1 is 1.50 bits per heavy atom. The number of ether oxygens (including phenoxy) is 1. The van der Waals surface area contributed by atoms with Gasteiger partial charge in [-0.15, -0.1) is 10.2 Å². The first kappa shape index (κ1) is 8.61. The van der Waals surface area contributed by atoms with Crippen LogP contribution in [0.2, 0.25) is 0 Å². The minimum atomic E-state index is 0.563. The Morgan fingerprint density at radius 2 is 2.43 bits per heavy atom. The average molecular weight is 191 g/mol. The zero-order valence-corrected chi connectivity index (χ0v) is 7.64. The number of hydrogen-bond acceptors (Lipinski definition) is 5. The molecule has 0 unspecified atom stereocenters. The van der Waals surface area contributed by atoms with E-state index in [-0.39, 0.29) is 0 Å². The maximum absolute atomic E-state index is 5.10. The van der Waals surface area contributed by atoms with Crippen LogP contribution in [-0.2, 0) is 6.42 Å². The van der Waals surface area contributed by atoms with Crippen molar-refractivity contribution in [1.29, 1.82) is 0 Å². The quantitative estimate of drug-likeness (QED) is 0.749. The lowest BCUT2D eigenvalue weighted by molar-refractivity contribution is 0.393. The topological polar surface area (TPSA) is 76.6 Å². The second kappa shape index (κ2) is 3.82. The molecule has 0 saturated heterocycles. The van der Waals surface area contributed by atoms with Crippen molar-refractivity contribution in [2.75, 3.05) is 7.11 Å². The predicted molar refractivity (Wildman–Crippen MR) is 47.8 cm³/mol. The van der Waals surface area contributed by atoms with Crippen molar-refractivity contribution in [3.05, 3.63) is 29.7 Å². The van der Waals surface area contributed by atoms with Crippen molar-refractivity contribution in [2.45, 2.75) is 6.42 Å². The van der Waals surface area contributed by atoms with Gasteiger partial charge >= 0.3 is 0 Å². The maximum Gasteiger partial charge on any atom is 0.216 e. The van der Waals surface area contributed by atoms with Gasteiger partial charge in [0.25, 0.3) is 0 Å². The third kappa shape index (κ3) is 1.68. The molecule has 0 saturated carbocycles. The van der Waals surface area contributed by atoms with Crippen LogP contribution in [0.25, 0.3) is 0 Å². The Hall–Kier alpha value is -1.98. The highest BCUT2D eigenvalue weighted by atomic mass is 16.5. The molecule has 0 aromatic carbocycles. The van der Waals surface area contributed by atoms with Crippen molar-refractivity contribution >= 4 is 0 Å². The number of H-pyrrole nitrogens is 1. The van der Waals surface area contributed by atoms with Gasteiger partial charge in [-0.05, 0) is 6.07 Å². The van der Waals surface area contributed by atoms with Crippen LogP contribution < -0.4 is 4.74 Å². The molecule has 6 nitrogen and oxygen atoms in total. The fourth-order valence-electron chi connectivity index (χ4n) is 1.17. The first-order valence-electron chi connectivity index (χ1n) is 4.10. The minimum Gasteiger partial charge on any atom is -0.481 e. The summed E-state index contributed by atoms with van der Waals surface area (Å²) < 4.78 is 5.10. The number of aromatic amines is 1. The number of tetrazole rings is 1. The summed E-state index contributed by atoms with van der Waals surface area (Å²) in [6.45, 7) is 0. The summed E-state index contributed by atoms with van der Waals surface area (Å²) in [4.78, 5) is 4.07. The molecule has 2 rings (SSSR count). The number of nitrogens with one attached hydrogen (secondary N) is 1. The molecule has 0 aliphatic rings. The summed E-state index contributed by atoms with van der Waals surface area (Å²) in [7, 11) is 1.59. The Bertz CT molecular complexity index is 400. The van der Waals surface area contributed by atoms with Crippen LogP contribution in [0, 0.1) is 0 Å². The third-order valence-corrected chi connectivity index (χ3v) is 1.78. The second-order valence-electron chi connectivity index (χ2n) is 2.68. The number of rotatable bonds is 3. The first-order chi connectivity index (χ1) is 6.90. The molecule has 0 amide bonds. The fraction of sp³-hybridized carbons (Fsp3) is 0.250. The SMILES string of the molecule is COc1ncccc1Cc1nn[nH]n1. The molecule has 0 aliphatic carbocycles. The molecule has 0 atom stereocenters. The maximum atomic E-state index is 5.10. The Balaban J connectivity index is 2.24. The summed E-state index contributed by atoms with van der Waals surface area (Å²) in [5, 5.41) is 13.6. The van der Waals surface area contributed by atoms with E-state index in [1.807, 2.05) is 12.1 Å². The van der Waals surface area contributed by atoms with E-state index >= 15 is 0 Å². The highest BCUT2D eigenvalue weighted by Gasteiger charge is 2.06. The van der Waals surface area contributed by atoms with Gasteiger partial charge in [0.05, 0.1) is 7.11 Å². The molecule has 0 radical (unpaired) electrons. The monoisotopic (exact) mass is 191 g/mol. The Morgan fingerprint density at radius 3 is 3.14 bits per heavy atom. The van der Waals surface area contributed by atoms with Crippen molar-refractivity contribution in [1.82, 2.24) is 25.6 Å². The van der Waals surface area contributed by atoms with Crippen LogP contribution in [0.3, 0.4) is 0 Å². The molecule has 6 heteroatoms. The number of aromatic nitrogens is 5. The van der Waals surface area contributed by atoms with Gasteiger partial charge in [-0.25, -0.2) is 4.98 Å². The Kier molecular flexibility index (Phi) is 2.35. The zero-order chi connectivity index (χ0) is 9.80. The summed E-state index contributed by atoms with van der Waals surface area (Å²) in [5.41, 5.74) is 0.941. The molecule has 14 heavy (non-hydrogen) atoms. The number of methoxy groups -OCH3 is 1. The van der Waals surface area contributed by atoms with Gasteiger partial charge in [0, 0.05) is 18.2 Å². The van der Waals surface area contributed by atoms with E-state index in [9.17, 15) is 0 Å². The lowest BCUT2D eigenvalue weighted by Crippen LogP contribution is -1.97. The van der Waals surface area contributed by atoms with E-state index < -0.39 is 0 Å². The standard InChI is InChI=1S/C8H9N5O/c1-14-8-6(3-2-4-9-8)5-7-10-12-13-11-7/h2-4H,5H2,1H3,(H,10,11,12,13). The van der Waals surface area contributed by atoms with Crippen molar-refractivity contribution < 1.29 is 4.74 Å². The van der Waals surface area contributed by atoms with E-state index in [0.29, 0.717) is 18.1 Å². The lowest BCUT2D eigenvalue weighted by Gasteiger charge is -2.03. The number of hydrogen-bond donors (Lipinski definition) is 1. The van der Waals surface area contributed by atoms with Gasteiger partial charge in [0.1, 0.15) is 0 Å². The number of pyridine rings is 1. The van der Waals surface area contributed by atoms with Crippen LogP contribution in [0.5, 0.6) is 5.88 Å². The van der Waals surface area contributed by atoms with Crippen LogP contribution in [0.4, 0.5) is 0 Å². The first-order valence-corrected chi connectivity index (χ1v) is 4.10. The summed E-state index contributed by atoms with van der Waals surface area (Å²) in [5.74, 6) is 1.22. The molecule has 0 fully saturated rings. The summed E-state index contributed by atoms with van der Waals surface area (Å²) in [6, 6.07) is 3.76. The molecular formula is C8H9N5O. The molecule has 1 N–H and O–H groups in total. The summed E-state index contributed by atoms with van der Waals surface area (Å²) in [6.07, 6.45) is 2.24. The fourth-order valence-corrected chi connectivity index (χ4v) is 1.17. The van der Waals surface area contributed by atoms with Gasteiger partial charge in [-0.1, -0.05) is 11.3 Å². The molecule has 2 aromatic heterocycles. The lowest BCUT2D eigenvalue weighted by atomic mass is 10.2. The zero-order valence-electron chi connectivity index (χ0n) is 7.64. The molecule has 2 heterocycles. The van der Waals surface area contributed by atoms with Crippen LogP contribution in [0.1, 0.15) is 11.4 Å². The minimum absolute atomic E-state index is 0.563. The van der Waals surface area contributed by atoms with E-state index in [1.54, 1.807) is 13.3 Å². The highest BCUT2D eigenvalue weighted by molar-refractivity contribution is 5.27. The predicted octanol–water partition coefficient (Wildman–Crippen LogP) is 0.194. The van der Waals surface area contributed by atoms with Crippen molar-refractivity contribution in [3.63, 3.8) is 0 Å². The molecule has 0 bridgehead atoms. The van der Waals surface area contributed by atoms with Gasteiger partial charge < -0.3 is 4.74 Å². The molecule has 0 aliphatic heterocycles. The van der Waals surface area contributed by atoms with E-state index in [1.165, 1.54) is 0 Å². The van der Waals surface area contributed by atoms with Gasteiger partial charge in [0.2, 0.25) is 5.88 Å². The van der Waals surface area contributed by atoms with Crippen molar-refractivity contribution in [3.8, 4) is 5.88 Å². The molecule has 2 aromatic rings. The van der Waals surface area contributed by atoms with Gasteiger partial charge in [0.15, 0.2) is 5.82 Å². The third-order valence-electron chi connectivity index (χ3n) is 1.78. The normalized spacial score (nSPS) is 10.1. The number of nitrogens with zero attached hydrogens (tertiary/aromatic N) is 4. The summed E-state index contributed by atoms with van der Waals surface area (Å²) >= 11 is 0. The molecule has 0 spiro atoms. The van der Waals surface area contributed by atoms with Crippen LogP contribution >= 0.6 is 0 Å². The second-order valence-corrected chi connectivity index (χ2v) is 2.68. The van der Waals surface area contributed by atoms with Crippen molar-refractivity contribution in [2.24, 2.45) is 0 Å². The Labute approximate surface area is 80.3 Å². The van der Waals surface area contributed by atoms with Gasteiger partial charge in [-0.2, -0.15) is 5.21 Å². The van der Waals surface area contributed by atoms with Gasteiger partial charge in [-0.3, -0.25) is 0 Å². The highest BCUT2D eigenvalue weighted by Crippen LogP contribution is 2.15.